The fourth-order valence-electron chi connectivity index (χ4n) is 5.42. The van der Waals surface area contributed by atoms with Crippen molar-refractivity contribution in [3.63, 3.8) is 0 Å². The number of carboxylic acid groups (broad SMARTS) is 1. The number of fused-ring (bicyclic) bond motifs is 3. The van der Waals surface area contributed by atoms with Gasteiger partial charge in [-0.2, -0.15) is 0 Å². The van der Waals surface area contributed by atoms with Crippen LogP contribution in [0.15, 0.2) is 48.5 Å². The minimum absolute atomic E-state index is 0.000332. The number of benzene rings is 2. The Bertz CT molecular complexity index is 1040. The van der Waals surface area contributed by atoms with Crippen molar-refractivity contribution in [1.82, 2.24) is 10.6 Å². The summed E-state index contributed by atoms with van der Waals surface area (Å²) in [6.07, 6.45) is 1.90. The standard InChI is InChI=1S/C28H34N2O5/c1-17(2)25(14-26(31)32)30-27(33)19-13-7-8-18(19)15-29-28(34)35-16-24-22-11-5-3-9-20(22)21-10-4-6-12-23(21)24/h3-6,9-12,17-19,24-25H,7-8,13-16H2,1-2H3,(H,29,34)(H,30,33)(H,31,32)/t18-,19-,25-/m1/s1. The molecule has 2 amide bonds. The predicted octanol–water partition coefficient (Wildman–Crippen LogP) is 4.56. The molecule has 35 heavy (non-hydrogen) atoms. The summed E-state index contributed by atoms with van der Waals surface area (Å²) < 4.78 is 5.62. The number of nitrogens with one attached hydrogen (secondary N) is 2. The van der Waals surface area contributed by atoms with Gasteiger partial charge in [0.05, 0.1) is 6.42 Å². The molecule has 0 aliphatic heterocycles. The molecule has 3 N–H and O–H groups in total. The molecule has 2 aliphatic rings. The molecule has 1 fully saturated rings. The van der Waals surface area contributed by atoms with Crippen LogP contribution in [-0.4, -0.2) is 42.3 Å². The Labute approximate surface area is 206 Å². The van der Waals surface area contributed by atoms with E-state index in [-0.39, 0.29) is 42.6 Å². The SMILES string of the molecule is CC(C)[C@@H](CC(=O)O)NC(=O)[C@@H]1CCC[C@@H]1CNC(=O)OCC1c2ccccc2-c2ccccc21. The van der Waals surface area contributed by atoms with Gasteiger partial charge in [0.25, 0.3) is 0 Å². The molecule has 0 bridgehead atoms. The van der Waals surface area contributed by atoms with Crippen LogP contribution < -0.4 is 10.6 Å². The Kier molecular flexibility index (Phi) is 7.73. The number of ether oxygens (including phenoxy) is 1. The van der Waals surface area contributed by atoms with Gasteiger partial charge >= 0.3 is 12.1 Å². The molecule has 0 unspecified atom stereocenters. The number of rotatable bonds is 9. The van der Waals surface area contributed by atoms with Crippen LogP contribution >= 0.6 is 0 Å². The van der Waals surface area contributed by atoms with Gasteiger partial charge in [-0.15, -0.1) is 0 Å². The topological polar surface area (TPSA) is 105 Å². The van der Waals surface area contributed by atoms with Crippen LogP contribution in [0.25, 0.3) is 11.1 Å². The number of carbonyl (C=O) groups is 3. The van der Waals surface area contributed by atoms with Crippen LogP contribution in [-0.2, 0) is 14.3 Å². The molecule has 0 heterocycles. The molecule has 186 valence electrons. The van der Waals surface area contributed by atoms with Gasteiger partial charge in [-0.25, -0.2) is 4.79 Å². The first-order valence-corrected chi connectivity index (χ1v) is 12.5. The number of hydrogen-bond acceptors (Lipinski definition) is 4. The Balaban J connectivity index is 1.30. The first kappa shape index (κ1) is 24.8. The number of amides is 2. The van der Waals surface area contributed by atoms with Crippen LogP contribution in [0.4, 0.5) is 4.79 Å². The highest BCUT2D eigenvalue weighted by atomic mass is 16.5. The normalized spacial score (nSPS) is 19.6. The van der Waals surface area contributed by atoms with Crippen LogP contribution in [0.1, 0.15) is 56.6 Å². The van der Waals surface area contributed by atoms with Gasteiger partial charge < -0.3 is 20.5 Å². The second-order valence-electron chi connectivity index (χ2n) is 9.96. The van der Waals surface area contributed by atoms with Crippen molar-refractivity contribution in [2.75, 3.05) is 13.2 Å². The fraction of sp³-hybridized carbons (Fsp3) is 0.464. The maximum Gasteiger partial charge on any atom is 0.407 e. The summed E-state index contributed by atoms with van der Waals surface area (Å²) in [5, 5.41) is 14.9. The Hall–Kier alpha value is -3.35. The monoisotopic (exact) mass is 478 g/mol. The molecule has 0 radical (unpaired) electrons. The fourth-order valence-corrected chi connectivity index (χ4v) is 5.42. The highest BCUT2D eigenvalue weighted by Gasteiger charge is 2.35. The number of hydrogen-bond donors (Lipinski definition) is 3. The van der Waals surface area contributed by atoms with Crippen molar-refractivity contribution in [3.05, 3.63) is 59.7 Å². The highest BCUT2D eigenvalue weighted by Crippen LogP contribution is 2.44. The summed E-state index contributed by atoms with van der Waals surface area (Å²) in [6, 6.07) is 16.0. The van der Waals surface area contributed by atoms with Gasteiger partial charge in [0.2, 0.25) is 5.91 Å². The molecule has 0 saturated heterocycles. The average molecular weight is 479 g/mol. The molecular formula is C28H34N2O5. The lowest BCUT2D eigenvalue weighted by atomic mass is 9.93. The van der Waals surface area contributed by atoms with E-state index in [1.807, 2.05) is 38.1 Å². The maximum absolute atomic E-state index is 12.9. The minimum atomic E-state index is -0.927. The van der Waals surface area contributed by atoms with Gasteiger partial charge in [0, 0.05) is 24.4 Å². The summed E-state index contributed by atoms with van der Waals surface area (Å²) >= 11 is 0. The van der Waals surface area contributed by atoms with E-state index in [0.717, 1.165) is 30.4 Å². The molecule has 0 spiro atoms. The third-order valence-corrected chi connectivity index (χ3v) is 7.38. The van der Waals surface area contributed by atoms with Gasteiger partial charge in [0.15, 0.2) is 0 Å². The second kappa shape index (κ2) is 10.9. The van der Waals surface area contributed by atoms with Crippen molar-refractivity contribution >= 4 is 18.0 Å². The van der Waals surface area contributed by atoms with Crippen molar-refractivity contribution < 1.29 is 24.2 Å². The maximum atomic E-state index is 12.9. The van der Waals surface area contributed by atoms with E-state index in [0.29, 0.717) is 6.54 Å². The van der Waals surface area contributed by atoms with Crippen LogP contribution in [0.5, 0.6) is 0 Å². The smallest absolute Gasteiger partial charge is 0.407 e. The Morgan fingerprint density at radius 2 is 1.63 bits per heavy atom. The molecule has 7 heteroatoms. The van der Waals surface area contributed by atoms with Crippen molar-refractivity contribution in [2.24, 2.45) is 17.8 Å². The number of aliphatic carboxylic acids is 1. The number of carbonyl (C=O) groups excluding carboxylic acids is 2. The molecule has 0 aromatic heterocycles. The minimum Gasteiger partial charge on any atom is -0.481 e. The largest absolute Gasteiger partial charge is 0.481 e. The third kappa shape index (κ3) is 5.66. The first-order valence-electron chi connectivity index (χ1n) is 12.5. The van der Waals surface area contributed by atoms with Crippen molar-refractivity contribution in [2.45, 2.75) is 51.5 Å². The van der Waals surface area contributed by atoms with Crippen LogP contribution in [0.2, 0.25) is 0 Å². The summed E-state index contributed by atoms with van der Waals surface area (Å²) in [7, 11) is 0. The molecular weight excluding hydrogens is 444 g/mol. The Morgan fingerprint density at radius 1 is 1.00 bits per heavy atom. The first-order chi connectivity index (χ1) is 16.8. The zero-order valence-electron chi connectivity index (χ0n) is 20.3. The zero-order valence-corrected chi connectivity index (χ0v) is 20.3. The third-order valence-electron chi connectivity index (χ3n) is 7.38. The lowest BCUT2D eigenvalue weighted by Crippen LogP contribution is -2.45. The molecule has 2 aromatic rings. The summed E-state index contributed by atoms with van der Waals surface area (Å²) in [4.78, 5) is 36.6. The van der Waals surface area contributed by atoms with Gasteiger partial charge in [0.1, 0.15) is 6.61 Å². The number of alkyl carbamates (subject to hydrolysis) is 1. The molecule has 2 aromatic carbocycles. The van der Waals surface area contributed by atoms with E-state index >= 15 is 0 Å². The molecule has 4 rings (SSSR count). The van der Waals surface area contributed by atoms with Gasteiger partial charge in [-0.3, -0.25) is 9.59 Å². The van der Waals surface area contributed by atoms with Gasteiger partial charge in [-0.1, -0.05) is 68.8 Å². The lowest BCUT2D eigenvalue weighted by molar-refractivity contribution is -0.138. The van der Waals surface area contributed by atoms with Crippen LogP contribution in [0, 0.1) is 17.8 Å². The quantitative estimate of drug-likeness (QED) is 0.490. The average Bonchev–Trinajstić information content (AvgIpc) is 3.43. The van der Waals surface area contributed by atoms with E-state index in [1.54, 1.807) is 0 Å². The van der Waals surface area contributed by atoms with E-state index in [9.17, 15) is 14.4 Å². The van der Waals surface area contributed by atoms with Crippen molar-refractivity contribution in [1.29, 1.82) is 0 Å². The second-order valence-corrected chi connectivity index (χ2v) is 9.96. The van der Waals surface area contributed by atoms with Gasteiger partial charge in [-0.05, 0) is 46.9 Å². The summed E-state index contributed by atoms with van der Waals surface area (Å²) in [5.74, 6) is -1.26. The number of carboxylic acids is 1. The Morgan fingerprint density at radius 3 is 2.23 bits per heavy atom. The van der Waals surface area contributed by atoms with E-state index in [2.05, 4.69) is 34.9 Å². The van der Waals surface area contributed by atoms with E-state index in [4.69, 9.17) is 9.84 Å². The summed E-state index contributed by atoms with van der Waals surface area (Å²) in [5.41, 5.74) is 4.68. The van der Waals surface area contributed by atoms with Crippen molar-refractivity contribution in [3.8, 4) is 11.1 Å². The molecule has 3 atom stereocenters. The van der Waals surface area contributed by atoms with E-state index in [1.165, 1.54) is 11.1 Å². The predicted molar refractivity (Wildman–Crippen MR) is 133 cm³/mol. The summed E-state index contributed by atoms with van der Waals surface area (Å²) in [6.45, 7) is 4.41. The van der Waals surface area contributed by atoms with Crippen LogP contribution in [0.3, 0.4) is 0 Å². The molecule has 1 saturated carbocycles. The highest BCUT2D eigenvalue weighted by molar-refractivity contribution is 5.81. The lowest BCUT2D eigenvalue weighted by Gasteiger charge is -2.25. The molecule has 7 nitrogen and oxygen atoms in total. The molecule has 2 aliphatic carbocycles. The zero-order chi connectivity index (χ0) is 24.9. The van der Waals surface area contributed by atoms with E-state index < -0.39 is 18.1 Å².